The second-order valence-corrected chi connectivity index (χ2v) is 8.03. The molecule has 2 heterocycles. The molecular weight excluding hydrogens is 345 g/mol. The second kappa shape index (κ2) is 8.83. The molecule has 1 atom stereocenters. The molecule has 0 bridgehead atoms. The average molecular weight is 375 g/mol. The van der Waals surface area contributed by atoms with E-state index in [1.54, 1.807) is 12.1 Å². The summed E-state index contributed by atoms with van der Waals surface area (Å²) < 4.78 is 13.2. The number of nitrogens with zero attached hydrogens (tertiary/aromatic N) is 3. The van der Waals surface area contributed by atoms with Crippen LogP contribution in [-0.4, -0.2) is 65.3 Å². The quantitative estimate of drug-likeness (QED) is 0.794. The summed E-state index contributed by atoms with van der Waals surface area (Å²) in [5.41, 5.74) is 0.909. The minimum Gasteiger partial charge on any atom is -0.339 e. The second-order valence-electron chi connectivity index (χ2n) is 8.03. The number of hydrogen-bond acceptors (Lipinski definition) is 3. The molecule has 0 aliphatic carbocycles. The molecule has 0 N–H and O–H groups in total. The summed E-state index contributed by atoms with van der Waals surface area (Å²) in [6.45, 7) is 8.11. The minimum atomic E-state index is -0.278. The number of halogens is 1. The van der Waals surface area contributed by atoms with E-state index in [2.05, 4.69) is 18.7 Å². The van der Waals surface area contributed by atoms with Crippen LogP contribution < -0.4 is 0 Å². The first-order valence-electron chi connectivity index (χ1n) is 9.98. The Balaban J connectivity index is 1.71. The van der Waals surface area contributed by atoms with Gasteiger partial charge < -0.3 is 9.80 Å². The maximum absolute atomic E-state index is 13.2. The molecule has 1 aromatic rings. The first-order valence-corrected chi connectivity index (χ1v) is 9.98. The van der Waals surface area contributed by atoms with Crippen molar-refractivity contribution in [3.05, 3.63) is 35.6 Å². The van der Waals surface area contributed by atoms with Crippen LogP contribution in [0.4, 0.5) is 4.39 Å². The third-order valence-electron chi connectivity index (χ3n) is 5.67. The van der Waals surface area contributed by atoms with E-state index in [0.717, 1.165) is 31.5 Å². The van der Waals surface area contributed by atoms with Crippen LogP contribution in [0, 0.1) is 11.7 Å². The molecule has 2 amide bonds. The molecule has 2 aliphatic rings. The van der Waals surface area contributed by atoms with E-state index >= 15 is 0 Å². The molecule has 5 nitrogen and oxygen atoms in total. The van der Waals surface area contributed by atoms with E-state index in [-0.39, 0.29) is 29.6 Å². The van der Waals surface area contributed by atoms with E-state index in [1.807, 2.05) is 9.80 Å². The average Bonchev–Trinajstić information content (AvgIpc) is 3.08. The van der Waals surface area contributed by atoms with Gasteiger partial charge in [0.2, 0.25) is 11.8 Å². The zero-order chi connectivity index (χ0) is 19.4. The highest BCUT2D eigenvalue weighted by molar-refractivity contribution is 5.81. The van der Waals surface area contributed by atoms with Gasteiger partial charge in [-0.3, -0.25) is 14.5 Å². The summed E-state index contributed by atoms with van der Waals surface area (Å²) in [6.07, 6.45) is 2.66. The number of likely N-dealkylation sites (tertiary alicyclic amines) is 1. The van der Waals surface area contributed by atoms with Crippen molar-refractivity contribution in [2.24, 2.45) is 5.92 Å². The molecule has 0 saturated carbocycles. The number of amides is 2. The van der Waals surface area contributed by atoms with Gasteiger partial charge in [-0.25, -0.2) is 4.39 Å². The molecule has 2 saturated heterocycles. The Labute approximate surface area is 161 Å². The zero-order valence-electron chi connectivity index (χ0n) is 16.4. The predicted octanol–water partition coefficient (Wildman–Crippen LogP) is 2.51. The van der Waals surface area contributed by atoms with Gasteiger partial charge >= 0.3 is 0 Å². The molecule has 1 aromatic carbocycles. The Kier molecular flexibility index (Phi) is 6.47. The molecule has 0 unspecified atom stereocenters. The fraction of sp³-hybridized carbons (Fsp3) is 0.619. The highest BCUT2D eigenvalue weighted by Crippen LogP contribution is 2.21. The van der Waals surface area contributed by atoms with Crippen molar-refractivity contribution in [2.75, 3.05) is 32.7 Å². The molecule has 0 spiro atoms. The first-order chi connectivity index (χ1) is 12.9. The minimum absolute atomic E-state index is 0.0346. The van der Waals surface area contributed by atoms with Gasteiger partial charge in [-0.1, -0.05) is 26.0 Å². The van der Waals surface area contributed by atoms with Gasteiger partial charge in [0.05, 0.1) is 12.6 Å². The lowest BCUT2D eigenvalue weighted by Gasteiger charge is -2.35. The molecule has 0 aromatic heterocycles. The summed E-state index contributed by atoms with van der Waals surface area (Å²) in [5, 5.41) is 0. The Bertz CT molecular complexity index is 656. The van der Waals surface area contributed by atoms with E-state index in [9.17, 15) is 14.0 Å². The van der Waals surface area contributed by atoms with E-state index < -0.39 is 0 Å². The van der Waals surface area contributed by atoms with Crippen LogP contribution in [0.3, 0.4) is 0 Å². The smallest absolute Gasteiger partial charge is 0.236 e. The van der Waals surface area contributed by atoms with Crippen LogP contribution in [0.5, 0.6) is 0 Å². The van der Waals surface area contributed by atoms with Crippen LogP contribution in [0.25, 0.3) is 0 Å². The molecule has 0 radical (unpaired) electrons. The fourth-order valence-corrected chi connectivity index (χ4v) is 4.00. The maximum atomic E-state index is 13.2. The normalized spacial score (nSPS) is 21.8. The van der Waals surface area contributed by atoms with Gasteiger partial charge in [-0.15, -0.1) is 0 Å². The van der Waals surface area contributed by atoms with Crippen molar-refractivity contribution in [1.29, 1.82) is 0 Å². The summed E-state index contributed by atoms with van der Waals surface area (Å²) in [5.74, 6) is 0.142. The lowest BCUT2D eigenvalue weighted by molar-refractivity contribution is -0.134. The number of rotatable bonds is 5. The largest absolute Gasteiger partial charge is 0.339 e. The van der Waals surface area contributed by atoms with Crippen molar-refractivity contribution in [3.8, 4) is 0 Å². The maximum Gasteiger partial charge on any atom is 0.236 e. The van der Waals surface area contributed by atoms with Crippen LogP contribution in [0.2, 0.25) is 0 Å². The fourth-order valence-electron chi connectivity index (χ4n) is 4.00. The molecule has 27 heavy (non-hydrogen) atoms. The van der Waals surface area contributed by atoms with Crippen molar-refractivity contribution >= 4 is 11.8 Å². The first kappa shape index (κ1) is 19.8. The zero-order valence-corrected chi connectivity index (χ0v) is 16.4. The third-order valence-corrected chi connectivity index (χ3v) is 5.67. The monoisotopic (exact) mass is 375 g/mol. The summed E-state index contributed by atoms with van der Waals surface area (Å²) in [6, 6.07) is 6.26. The van der Waals surface area contributed by atoms with Gasteiger partial charge in [-0.2, -0.15) is 0 Å². The molecule has 2 fully saturated rings. The molecule has 3 rings (SSSR count). The highest BCUT2D eigenvalue weighted by atomic mass is 19.1. The van der Waals surface area contributed by atoms with Crippen LogP contribution >= 0.6 is 0 Å². The lowest BCUT2D eigenvalue weighted by Crippen LogP contribution is -2.48. The van der Waals surface area contributed by atoms with Gasteiger partial charge in [0, 0.05) is 26.1 Å². The number of benzene rings is 1. The van der Waals surface area contributed by atoms with E-state index in [0.29, 0.717) is 32.6 Å². The molecular formula is C21H30FN3O2. The van der Waals surface area contributed by atoms with Crippen molar-refractivity contribution in [1.82, 2.24) is 14.7 Å². The standard InChI is InChI=1S/C21H30FN3O2/c1-16(2)19-14-24(21(27)15-23-10-3-4-11-23)12-9-20(26)25(19)13-17-5-7-18(22)8-6-17/h5-8,16,19H,3-4,9-15H2,1-2H3/t19-/m1/s1. The number of hydrogen-bond donors (Lipinski definition) is 0. The van der Waals surface area contributed by atoms with Gasteiger partial charge in [0.1, 0.15) is 5.82 Å². The van der Waals surface area contributed by atoms with Crippen molar-refractivity contribution < 1.29 is 14.0 Å². The topological polar surface area (TPSA) is 43.9 Å². The number of carbonyl (C=O) groups excluding carboxylic acids is 2. The third kappa shape index (κ3) is 5.06. The predicted molar refractivity (Wildman–Crippen MR) is 102 cm³/mol. The Morgan fingerprint density at radius 1 is 1.15 bits per heavy atom. The van der Waals surface area contributed by atoms with Gasteiger partial charge in [-0.05, 0) is 49.5 Å². The highest BCUT2D eigenvalue weighted by Gasteiger charge is 2.33. The molecule has 2 aliphatic heterocycles. The van der Waals surface area contributed by atoms with Gasteiger partial charge in [0.15, 0.2) is 0 Å². The summed E-state index contributed by atoms with van der Waals surface area (Å²) in [4.78, 5) is 31.6. The summed E-state index contributed by atoms with van der Waals surface area (Å²) >= 11 is 0. The van der Waals surface area contributed by atoms with Crippen LogP contribution in [-0.2, 0) is 16.1 Å². The molecule has 6 heteroatoms. The molecule has 148 valence electrons. The summed E-state index contributed by atoms with van der Waals surface area (Å²) in [7, 11) is 0. The number of carbonyl (C=O) groups is 2. The SMILES string of the molecule is CC(C)[C@H]1CN(C(=O)CN2CCCC2)CCC(=O)N1Cc1ccc(F)cc1. The van der Waals surface area contributed by atoms with Crippen molar-refractivity contribution in [3.63, 3.8) is 0 Å². The van der Waals surface area contributed by atoms with Crippen molar-refractivity contribution in [2.45, 2.75) is 45.7 Å². The van der Waals surface area contributed by atoms with Crippen LogP contribution in [0.1, 0.15) is 38.7 Å². The van der Waals surface area contributed by atoms with E-state index in [4.69, 9.17) is 0 Å². The van der Waals surface area contributed by atoms with Gasteiger partial charge in [0.25, 0.3) is 0 Å². The Hall–Kier alpha value is -1.95. The Morgan fingerprint density at radius 2 is 1.81 bits per heavy atom. The van der Waals surface area contributed by atoms with E-state index in [1.165, 1.54) is 12.1 Å². The van der Waals surface area contributed by atoms with Crippen LogP contribution in [0.15, 0.2) is 24.3 Å². The Morgan fingerprint density at radius 3 is 2.44 bits per heavy atom. The lowest BCUT2D eigenvalue weighted by atomic mass is 10.0.